The van der Waals surface area contributed by atoms with Crippen LogP contribution >= 0.6 is 0 Å². The molecule has 4 aliphatic carbocycles. The van der Waals surface area contributed by atoms with Gasteiger partial charge in [0, 0.05) is 51.2 Å². The Morgan fingerprint density at radius 2 is 1.65 bits per heavy atom. The first-order valence-corrected chi connectivity index (χ1v) is 7.20. The molecule has 2 unspecified atom stereocenters. The highest BCUT2D eigenvalue weighted by Gasteiger charge is 2.70. The van der Waals surface area contributed by atoms with Crippen molar-refractivity contribution in [2.75, 3.05) is 6.61 Å². The van der Waals surface area contributed by atoms with Gasteiger partial charge in [0.25, 0.3) is 0 Å². The van der Waals surface area contributed by atoms with Crippen LogP contribution in [0.15, 0.2) is 12.7 Å². The Hall–Kier alpha value is -0.910. The van der Waals surface area contributed by atoms with E-state index in [2.05, 4.69) is 6.58 Å². The summed E-state index contributed by atoms with van der Waals surface area (Å²) in [6, 6.07) is 0. The van der Waals surface area contributed by atoms with Gasteiger partial charge in [0.1, 0.15) is 5.60 Å². The van der Waals surface area contributed by atoms with E-state index in [9.17, 15) is 15.0 Å². The Bertz CT molecular complexity index is 439. The molecular formula is C15H22O5. The monoisotopic (exact) mass is 282 g/mol. The van der Waals surface area contributed by atoms with E-state index in [1.165, 1.54) is 0 Å². The lowest BCUT2D eigenvalue weighted by atomic mass is 9.48. The van der Waals surface area contributed by atoms with Gasteiger partial charge in [0.2, 0.25) is 0 Å². The summed E-state index contributed by atoms with van der Waals surface area (Å²) >= 11 is 0. The van der Waals surface area contributed by atoms with Gasteiger partial charge in [-0.2, -0.15) is 0 Å². The Morgan fingerprint density at radius 3 is 2.15 bits per heavy atom. The van der Waals surface area contributed by atoms with Gasteiger partial charge in [0.15, 0.2) is 0 Å². The van der Waals surface area contributed by atoms with Gasteiger partial charge in [0.05, 0.1) is 16.8 Å². The normalized spacial score (nSPS) is 49.1. The van der Waals surface area contributed by atoms with Crippen LogP contribution in [0.5, 0.6) is 0 Å². The van der Waals surface area contributed by atoms with E-state index in [-0.39, 0.29) is 0 Å². The highest BCUT2D eigenvalue weighted by Crippen LogP contribution is 2.63. The Labute approximate surface area is 118 Å². The molecule has 0 aromatic rings. The van der Waals surface area contributed by atoms with Crippen LogP contribution in [0, 0.1) is 0 Å². The van der Waals surface area contributed by atoms with Gasteiger partial charge >= 0.3 is 5.97 Å². The molecule has 0 aromatic heterocycles. The molecule has 0 spiro atoms. The van der Waals surface area contributed by atoms with Gasteiger partial charge < -0.3 is 19.7 Å². The minimum absolute atomic E-state index is 0.336. The summed E-state index contributed by atoms with van der Waals surface area (Å²) in [5.41, 5.74) is -3.45. The number of hydrogen-bond donors (Lipinski definition) is 2. The van der Waals surface area contributed by atoms with Gasteiger partial charge in [-0.15, -0.1) is 0 Å². The van der Waals surface area contributed by atoms with Crippen molar-refractivity contribution in [1.82, 2.24) is 0 Å². The molecule has 4 bridgehead atoms. The quantitative estimate of drug-likeness (QED) is 0.596. The molecule has 0 saturated heterocycles. The van der Waals surface area contributed by atoms with E-state index in [1.54, 1.807) is 0 Å². The Morgan fingerprint density at radius 1 is 1.10 bits per heavy atom. The molecule has 5 heteroatoms. The van der Waals surface area contributed by atoms with Crippen LogP contribution in [0.4, 0.5) is 0 Å². The minimum Gasteiger partial charge on any atom is -0.456 e. The molecule has 4 rings (SSSR count). The second kappa shape index (κ2) is 4.06. The number of esters is 1. The zero-order valence-electron chi connectivity index (χ0n) is 11.9. The van der Waals surface area contributed by atoms with Crippen LogP contribution in [0.1, 0.15) is 45.4 Å². The fourth-order valence-electron chi connectivity index (χ4n) is 5.17. The topological polar surface area (TPSA) is 76.0 Å². The molecular weight excluding hydrogens is 260 g/mol. The van der Waals surface area contributed by atoms with Crippen molar-refractivity contribution >= 4 is 5.97 Å². The molecule has 2 N–H and O–H groups in total. The molecule has 2 atom stereocenters. The maximum atomic E-state index is 11.6. The fraction of sp³-hybridized carbons (Fsp3) is 0.800. The number of hydrogen-bond acceptors (Lipinski definition) is 5. The molecule has 20 heavy (non-hydrogen) atoms. The van der Waals surface area contributed by atoms with Gasteiger partial charge in [-0.05, 0) is 6.92 Å². The second-order valence-electron chi connectivity index (χ2n) is 6.93. The van der Waals surface area contributed by atoms with E-state index >= 15 is 0 Å². The summed E-state index contributed by atoms with van der Waals surface area (Å²) in [6.07, 6.45) is 3.75. The van der Waals surface area contributed by atoms with Gasteiger partial charge in [-0.1, -0.05) is 6.58 Å². The Kier molecular flexibility index (Phi) is 2.85. The number of rotatable bonds is 4. The highest BCUT2D eigenvalue weighted by molar-refractivity contribution is 5.81. The summed E-state index contributed by atoms with van der Waals surface area (Å²) in [5.74, 6) is -0.509. The highest BCUT2D eigenvalue weighted by atomic mass is 16.6. The lowest BCUT2D eigenvalue weighted by Gasteiger charge is -2.66. The molecule has 4 saturated carbocycles. The molecule has 0 heterocycles. The third-order valence-electron chi connectivity index (χ3n) is 4.84. The van der Waals surface area contributed by atoms with Crippen LogP contribution in [0.25, 0.3) is 0 Å². The van der Waals surface area contributed by atoms with Crippen LogP contribution < -0.4 is 0 Å². The van der Waals surface area contributed by atoms with Crippen molar-refractivity contribution in [2.45, 2.75) is 67.9 Å². The fourth-order valence-corrected chi connectivity index (χ4v) is 5.17. The zero-order valence-corrected chi connectivity index (χ0v) is 11.9. The van der Waals surface area contributed by atoms with Crippen LogP contribution in [0.2, 0.25) is 0 Å². The average molecular weight is 282 g/mol. The van der Waals surface area contributed by atoms with Gasteiger partial charge in [-0.25, -0.2) is 4.79 Å². The molecule has 0 amide bonds. The van der Waals surface area contributed by atoms with Crippen molar-refractivity contribution in [3.05, 3.63) is 12.7 Å². The predicted molar refractivity (Wildman–Crippen MR) is 71.0 cm³/mol. The summed E-state index contributed by atoms with van der Waals surface area (Å²) in [5, 5.41) is 21.5. The third-order valence-corrected chi connectivity index (χ3v) is 4.84. The molecule has 4 fully saturated rings. The first kappa shape index (κ1) is 14.0. The second-order valence-corrected chi connectivity index (χ2v) is 6.93. The van der Waals surface area contributed by atoms with E-state index in [0.717, 1.165) is 6.08 Å². The number of carbonyl (C=O) groups excluding carboxylic acids is 1. The summed E-state index contributed by atoms with van der Waals surface area (Å²) < 4.78 is 11.4. The number of ether oxygens (including phenoxy) is 2. The smallest absolute Gasteiger partial charge is 0.330 e. The van der Waals surface area contributed by atoms with Crippen LogP contribution in [0.3, 0.4) is 0 Å². The molecule has 0 aromatic carbocycles. The molecule has 5 nitrogen and oxygen atoms in total. The summed E-state index contributed by atoms with van der Waals surface area (Å²) in [4.78, 5) is 11.6. The van der Waals surface area contributed by atoms with Crippen LogP contribution in [-0.2, 0) is 14.3 Å². The lowest BCUT2D eigenvalue weighted by Crippen LogP contribution is -2.73. The zero-order chi connectivity index (χ0) is 14.6. The summed E-state index contributed by atoms with van der Waals surface area (Å²) in [6.45, 7) is 5.83. The molecule has 0 aliphatic heterocycles. The van der Waals surface area contributed by atoms with E-state index in [1.807, 2.05) is 6.92 Å². The van der Waals surface area contributed by atoms with Crippen molar-refractivity contribution < 1.29 is 24.5 Å². The SMILES string of the molecule is C=CC(=O)OC12CC3(O)CC(O)(CC(OCC)(C3)C1)C2. The van der Waals surface area contributed by atoms with Crippen LogP contribution in [-0.4, -0.2) is 45.2 Å². The van der Waals surface area contributed by atoms with E-state index in [4.69, 9.17) is 9.47 Å². The standard InChI is InChI=1S/C15H22O5/c1-3-11(16)20-15-8-12(17)5-13(18,9-15)7-14(6-12,10-15)19-4-2/h3,17-18H,1,4-10H2,2H3. The average Bonchev–Trinajstić information content (AvgIpc) is 2.22. The van der Waals surface area contributed by atoms with E-state index in [0.29, 0.717) is 45.1 Å². The van der Waals surface area contributed by atoms with Gasteiger partial charge in [-0.3, -0.25) is 0 Å². The minimum atomic E-state index is -1.01. The largest absolute Gasteiger partial charge is 0.456 e. The summed E-state index contributed by atoms with van der Waals surface area (Å²) in [7, 11) is 0. The van der Waals surface area contributed by atoms with Crippen molar-refractivity contribution in [2.24, 2.45) is 0 Å². The van der Waals surface area contributed by atoms with E-state index < -0.39 is 28.4 Å². The first-order valence-electron chi connectivity index (χ1n) is 7.20. The number of carbonyl (C=O) groups is 1. The lowest BCUT2D eigenvalue weighted by molar-refractivity contribution is -0.309. The maximum Gasteiger partial charge on any atom is 0.330 e. The van der Waals surface area contributed by atoms with Crippen molar-refractivity contribution in [3.8, 4) is 0 Å². The molecule has 0 radical (unpaired) electrons. The maximum absolute atomic E-state index is 11.6. The van der Waals surface area contributed by atoms with Crippen molar-refractivity contribution in [1.29, 1.82) is 0 Å². The number of aliphatic hydroxyl groups is 2. The molecule has 4 aliphatic rings. The predicted octanol–water partition coefficient (Wildman–Crippen LogP) is 1.07. The Balaban J connectivity index is 1.97. The first-order chi connectivity index (χ1) is 9.26. The van der Waals surface area contributed by atoms with Crippen molar-refractivity contribution in [3.63, 3.8) is 0 Å². The third kappa shape index (κ3) is 2.08. The molecule has 112 valence electrons.